The van der Waals surface area contributed by atoms with Gasteiger partial charge in [-0.15, -0.1) is 0 Å². The van der Waals surface area contributed by atoms with Gasteiger partial charge in [0.1, 0.15) is 5.58 Å². The Balaban J connectivity index is 1.89. The van der Waals surface area contributed by atoms with Gasteiger partial charge in [0.15, 0.2) is 16.9 Å². The van der Waals surface area contributed by atoms with Crippen LogP contribution >= 0.6 is 0 Å². The van der Waals surface area contributed by atoms with Crippen LogP contribution in [0.4, 0.5) is 0 Å². The van der Waals surface area contributed by atoms with Gasteiger partial charge in [-0.3, -0.25) is 9.59 Å². The molecule has 0 fully saturated rings. The van der Waals surface area contributed by atoms with Crippen molar-refractivity contribution in [2.45, 2.75) is 33.7 Å². The topological polar surface area (TPSA) is 72.2 Å². The van der Waals surface area contributed by atoms with Gasteiger partial charge in [-0.2, -0.15) is 0 Å². The highest BCUT2D eigenvalue weighted by Gasteiger charge is 2.42. The first-order valence-electron chi connectivity index (χ1n) is 12.0. The van der Waals surface area contributed by atoms with Crippen LogP contribution in [-0.4, -0.2) is 56.6 Å². The maximum absolute atomic E-state index is 13.8. The fourth-order valence-corrected chi connectivity index (χ4v) is 4.39. The summed E-state index contributed by atoms with van der Waals surface area (Å²) in [4.78, 5) is 31.1. The minimum Gasteiger partial charge on any atom is -0.493 e. The van der Waals surface area contributed by atoms with E-state index in [-0.39, 0.29) is 17.1 Å². The normalized spacial score (nSPS) is 15.4. The maximum atomic E-state index is 13.8. The Kier molecular flexibility index (Phi) is 6.90. The number of amides is 1. The lowest BCUT2D eigenvalue weighted by molar-refractivity contribution is 0.0716. The van der Waals surface area contributed by atoms with Gasteiger partial charge in [0.05, 0.1) is 30.7 Å². The number of carbonyl (C=O) groups is 1. The first-order valence-corrected chi connectivity index (χ1v) is 12.0. The number of hydrogen-bond donors (Lipinski definition) is 0. The smallest absolute Gasteiger partial charge is 0.290 e. The van der Waals surface area contributed by atoms with Gasteiger partial charge >= 0.3 is 0 Å². The number of carbonyl (C=O) groups excluding carboxylic acids is 1. The Bertz CT molecular complexity index is 1330. The lowest BCUT2D eigenvalue weighted by Crippen LogP contribution is -2.35. The van der Waals surface area contributed by atoms with Crippen molar-refractivity contribution in [2.24, 2.45) is 5.92 Å². The van der Waals surface area contributed by atoms with E-state index >= 15 is 0 Å². The second kappa shape index (κ2) is 9.74. The molecule has 7 nitrogen and oxygen atoms in total. The van der Waals surface area contributed by atoms with Gasteiger partial charge in [-0.05, 0) is 74.8 Å². The molecule has 0 radical (unpaired) electrons. The van der Waals surface area contributed by atoms with Crippen molar-refractivity contribution < 1.29 is 18.7 Å². The van der Waals surface area contributed by atoms with Crippen molar-refractivity contribution in [1.82, 2.24) is 9.80 Å². The first kappa shape index (κ1) is 24.8. The Morgan fingerprint density at radius 1 is 1.06 bits per heavy atom. The van der Waals surface area contributed by atoms with E-state index in [0.717, 1.165) is 16.7 Å². The van der Waals surface area contributed by atoms with Gasteiger partial charge in [0.2, 0.25) is 5.76 Å². The van der Waals surface area contributed by atoms with E-state index in [1.807, 2.05) is 63.2 Å². The van der Waals surface area contributed by atoms with Crippen molar-refractivity contribution in [3.63, 3.8) is 0 Å². The molecule has 186 valence electrons. The van der Waals surface area contributed by atoms with Gasteiger partial charge in [-0.25, -0.2) is 0 Å². The monoisotopic (exact) mass is 478 g/mol. The van der Waals surface area contributed by atoms with E-state index in [9.17, 15) is 9.59 Å². The molecule has 0 spiro atoms. The molecule has 1 aliphatic rings. The van der Waals surface area contributed by atoms with Gasteiger partial charge < -0.3 is 23.7 Å². The van der Waals surface area contributed by atoms with E-state index < -0.39 is 6.04 Å². The summed E-state index contributed by atoms with van der Waals surface area (Å²) in [6, 6.07) is 8.71. The van der Waals surface area contributed by atoms with Gasteiger partial charge in [-0.1, -0.05) is 19.9 Å². The Hall–Kier alpha value is -3.32. The van der Waals surface area contributed by atoms with Crippen molar-refractivity contribution in [1.29, 1.82) is 0 Å². The molecule has 1 unspecified atom stereocenters. The van der Waals surface area contributed by atoms with E-state index in [0.29, 0.717) is 53.6 Å². The minimum atomic E-state index is -0.576. The van der Waals surface area contributed by atoms with Crippen LogP contribution in [0, 0.1) is 19.8 Å². The zero-order valence-corrected chi connectivity index (χ0v) is 21.6. The molecule has 2 heterocycles. The van der Waals surface area contributed by atoms with E-state index in [1.165, 1.54) is 0 Å². The molecule has 35 heavy (non-hydrogen) atoms. The fraction of sp³-hybridized carbons (Fsp3) is 0.429. The van der Waals surface area contributed by atoms with Crippen molar-refractivity contribution in [2.75, 3.05) is 40.9 Å². The molecular weight excluding hydrogens is 444 g/mol. The van der Waals surface area contributed by atoms with Crippen LogP contribution in [-0.2, 0) is 0 Å². The molecule has 0 bridgehead atoms. The molecule has 0 saturated heterocycles. The summed E-state index contributed by atoms with van der Waals surface area (Å²) in [7, 11) is 5.50. The molecule has 1 atom stereocenters. The third-order valence-electron chi connectivity index (χ3n) is 6.45. The number of methoxy groups -OCH3 is 1. The first-order chi connectivity index (χ1) is 16.6. The fourth-order valence-electron chi connectivity index (χ4n) is 4.39. The molecule has 2 aromatic carbocycles. The Labute approximate surface area is 206 Å². The van der Waals surface area contributed by atoms with Crippen LogP contribution in [0.25, 0.3) is 11.0 Å². The molecular formula is C28H34N2O5. The van der Waals surface area contributed by atoms with Gasteiger partial charge in [0, 0.05) is 13.1 Å². The number of ether oxygens (including phenoxy) is 2. The molecule has 4 rings (SSSR count). The average molecular weight is 479 g/mol. The van der Waals surface area contributed by atoms with E-state index in [4.69, 9.17) is 13.9 Å². The van der Waals surface area contributed by atoms with Crippen LogP contribution in [0.1, 0.15) is 52.7 Å². The van der Waals surface area contributed by atoms with Crippen LogP contribution in [0.15, 0.2) is 39.5 Å². The molecule has 3 aromatic rings. The summed E-state index contributed by atoms with van der Waals surface area (Å²) < 4.78 is 17.6. The standard InChI is InChI=1S/C28H34N2O5/c1-16(2)15-34-21-9-8-19(14-23(21)33-7)25-24-26(31)20-12-17(3)18(4)13-22(20)35-27(24)28(32)30(25)11-10-29(5)6/h8-9,12-14,16,25H,10-11,15H2,1-7H3. The average Bonchev–Trinajstić information content (AvgIpc) is 3.09. The van der Waals surface area contributed by atoms with Crippen molar-refractivity contribution in [3.05, 3.63) is 68.6 Å². The van der Waals surface area contributed by atoms with Crippen LogP contribution in [0.5, 0.6) is 11.5 Å². The number of rotatable bonds is 8. The van der Waals surface area contributed by atoms with E-state index in [1.54, 1.807) is 12.0 Å². The minimum absolute atomic E-state index is 0.119. The summed E-state index contributed by atoms with van der Waals surface area (Å²) in [5, 5.41) is 0.489. The van der Waals surface area contributed by atoms with E-state index in [2.05, 4.69) is 13.8 Å². The van der Waals surface area contributed by atoms with Crippen molar-refractivity contribution >= 4 is 16.9 Å². The molecule has 1 amide bonds. The lowest BCUT2D eigenvalue weighted by Gasteiger charge is -2.27. The predicted molar refractivity (Wildman–Crippen MR) is 137 cm³/mol. The summed E-state index contributed by atoms with van der Waals surface area (Å²) in [5.41, 5.74) is 3.43. The third kappa shape index (κ3) is 4.65. The number of hydrogen-bond acceptors (Lipinski definition) is 6. The van der Waals surface area contributed by atoms with Crippen LogP contribution in [0.3, 0.4) is 0 Å². The molecule has 0 aliphatic carbocycles. The highest BCUT2D eigenvalue weighted by Crippen LogP contribution is 2.41. The van der Waals surface area contributed by atoms with Crippen LogP contribution in [0.2, 0.25) is 0 Å². The number of nitrogens with zero attached hydrogens (tertiary/aromatic N) is 2. The quantitative estimate of drug-likeness (QED) is 0.473. The summed E-state index contributed by atoms with van der Waals surface area (Å²) >= 11 is 0. The summed E-state index contributed by atoms with van der Waals surface area (Å²) in [5.74, 6) is 1.40. The predicted octanol–water partition coefficient (Wildman–Crippen LogP) is 4.56. The SMILES string of the molecule is COc1cc(C2c3c(oc4cc(C)c(C)cc4c3=O)C(=O)N2CCN(C)C)ccc1OCC(C)C. The number of benzene rings is 2. The summed E-state index contributed by atoms with van der Waals surface area (Å²) in [6.07, 6.45) is 0. The Morgan fingerprint density at radius 2 is 1.77 bits per heavy atom. The third-order valence-corrected chi connectivity index (χ3v) is 6.45. The molecule has 7 heteroatoms. The van der Waals surface area contributed by atoms with Gasteiger partial charge in [0.25, 0.3) is 5.91 Å². The van der Waals surface area contributed by atoms with Crippen molar-refractivity contribution in [3.8, 4) is 11.5 Å². The maximum Gasteiger partial charge on any atom is 0.290 e. The highest BCUT2D eigenvalue weighted by molar-refractivity contribution is 5.99. The molecule has 1 aliphatic heterocycles. The number of aryl methyl sites for hydroxylation is 2. The zero-order chi connectivity index (χ0) is 25.4. The molecule has 0 N–H and O–H groups in total. The second-order valence-corrected chi connectivity index (χ2v) is 9.93. The number of likely N-dealkylation sites (N-methyl/N-ethyl adjacent to an activating group) is 1. The second-order valence-electron chi connectivity index (χ2n) is 9.93. The number of fused-ring (bicyclic) bond motifs is 2. The molecule has 0 saturated carbocycles. The highest BCUT2D eigenvalue weighted by atomic mass is 16.5. The largest absolute Gasteiger partial charge is 0.493 e. The Morgan fingerprint density at radius 3 is 2.43 bits per heavy atom. The summed E-state index contributed by atoms with van der Waals surface area (Å²) in [6.45, 7) is 9.75. The molecule has 1 aromatic heterocycles. The van der Waals surface area contributed by atoms with Crippen LogP contribution < -0.4 is 14.9 Å². The lowest BCUT2D eigenvalue weighted by atomic mass is 9.97. The zero-order valence-electron chi connectivity index (χ0n) is 21.6.